The van der Waals surface area contributed by atoms with Crippen molar-refractivity contribution in [3.8, 4) is 28.1 Å². The fourth-order valence-electron chi connectivity index (χ4n) is 4.00. The van der Waals surface area contributed by atoms with Gasteiger partial charge in [0.1, 0.15) is 18.1 Å². The first kappa shape index (κ1) is 30.1. The zero-order chi connectivity index (χ0) is 29.1. The predicted molar refractivity (Wildman–Crippen MR) is 166 cm³/mol. The Kier molecular flexibility index (Phi) is 9.29. The van der Waals surface area contributed by atoms with E-state index >= 15 is 0 Å². The summed E-state index contributed by atoms with van der Waals surface area (Å²) in [5, 5.41) is 11.3. The summed E-state index contributed by atoms with van der Waals surface area (Å²) in [5.74, 6) is 0.0259. The molecule has 2 aromatic heterocycles. The molecule has 0 amide bonds. The van der Waals surface area contributed by atoms with E-state index in [1.54, 1.807) is 12.1 Å². The number of nitrogens with zero attached hydrogens (tertiary/aromatic N) is 3. The first-order valence-electron chi connectivity index (χ1n) is 13.2. The van der Waals surface area contributed by atoms with Crippen LogP contribution in [-0.2, 0) is 21.0 Å². The standard InChI is InChI=1S/C30H36ClN3O4SSi/c1-30(2,3)38-26(36)18-39-29-33-28-24(34(29)19-37-15-16-40(4,5)6)17-23(31)27(32-28)21-13-11-20(12-14-21)22-9-7-8-10-25(22)35/h7-14,17,35H,15-16,18-19H2,1-6H3. The summed E-state index contributed by atoms with van der Waals surface area (Å²) in [7, 11) is -1.25. The number of para-hydroxylation sites is 1. The van der Waals surface area contributed by atoms with Crippen LogP contribution in [0.5, 0.6) is 5.75 Å². The summed E-state index contributed by atoms with van der Waals surface area (Å²) < 4.78 is 13.4. The summed E-state index contributed by atoms with van der Waals surface area (Å²) >= 11 is 8.06. The number of phenols is 1. The molecule has 0 atom stereocenters. The van der Waals surface area contributed by atoms with Crippen LogP contribution in [0.15, 0.2) is 59.8 Å². The van der Waals surface area contributed by atoms with Crippen LogP contribution in [0.1, 0.15) is 20.8 Å². The maximum atomic E-state index is 12.4. The minimum Gasteiger partial charge on any atom is -0.507 e. The van der Waals surface area contributed by atoms with Gasteiger partial charge in [0.15, 0.2) is 10.8 Å². The average molecular weight is 598 g/mol. The van der Waals surface area contributed by atoms with Gasteiger partial charge >= 0.3 is 5.97 Å². The van der Waals surface area contributed by atoms with Gasteiger partial charge in [-0.15, -0.1) is 0 Å². The van der Waals surface area contributed by atoms with Crippen molar-refractivity contribution in [2.45, 2.75) is 63.9 Å². The number of esters is 1. The SMILES string of the molecule is CC(C)(C)OC(=O)CSc1nc2nc(-c3ccc(-c4ccccc4O)cc3)c(Cl)cc2n1COCC[Si](C)(C)C. The van der Waals surface area contributed by atoms with Gasteiger partial charge in [0.25, 0.3) is 0 Å². The third-order valence-corrected chi connectivity index (χ3v) is 8.93. The number of aromatic hydroxyl groups is 1. The van der Waals surface area contributed by atoms with E-state index < -0.39 is 13.7 Å². The highest BCUT2D eigenvalue weighted by Gasteiger charge is 2.21. The van der Waals surface area contributed by atoms with Crippen LogP contribution in [0.2, 0.25) is 30.7 Å². The highest BCUT2D eigenvalue weighted by molar-refractivity contribution is 7.99. The maximum Gasteiger partial charge on any atom is 0.316 e. The zero-order valence-corrected chi connectivity index (χ0v) is 26.4. The normalized spacial score (nSPS) is 12.2. The number of fused-ring (bicyclic) bond motifs is 1. The Labute approximate surface area is 245 Å². The molecule has 0 aliphatic carbocycles. The molecule has 7 nitrogen and oxygen atoms in total. The molecule has 0 fully saturated rings. The van der Waals surface area contributed by atoms with Crippen LogP contribution in [0, 0.1) is 0 Å². The molecular formula is C30H36ClN3O4SSi. The van der Waals surface area contributed by atoms with Crippen molar-refractivity contribution in [2.75, 3.05) is 12.4 Å². The lowest BCUT2D eigenvalue weighted by molar-refractivity contribution is -0.151. The quantitative estimate of drug-likeness (QED) is 0.0861. The number of thioether (sulfide) groups is 1. The molecule has 0 spiro atoms. The molecule has 10 heteroatoms. The van der Waals surface area contributed by atoms with E-state index in [2.05, 4.69) is 19.6 Å². The zero-order valence-electron chi connectivity index (χ0n) is 23.8. The molecule has 2 aromatic carbocycles. The number of aromatic nitrogens is 3. The van der Waals surface area contributed by atoms with E-state index in [-0.39, 0.29) is 24.2 Å². The molecule has 0 radical (unpaired) electrons. The van der Waals surface area contributed by atoms with Crippen molar-refractivity contribution >= 4 is 48.6 Å². The van der Waals surface area contributed by atoms with Crippen molar-refractivity contribution in [3.63, 3.8) is 0 Å². The predicted octanol–water partition coefficient (Wildman–Crippen LogP) is 7.87. The Bertz CT molecular complexity index is 1490. The highest BCUT2D eigenvalue weighted by Crippen LogP contribution is 2.34. The summed E-state index contributed by atoms with van der Waals surface area (Å²) in [4.78, 5) is 22.0. The van der Waals surface area contributed by atoms with Crippen LogP contribution >= 0.6 is 23.4 Å². The van der Waals surface area contributed by atoms with Gasteiger partial charge in [-0.25, -0.2) is 9.97 Å². The second-order valence-electron chi connectivity index (χ2n) is 11.8. The van der Waals surface area contributed by atoms with Crippen LogP contribution in [0.25, 0.3) is 33.5 Å². The second kappa shape index (κ2) is 12.3. The molecule has 40 heavy (non-hydrogen) atoms. The summed E-state index contributed by atoms with van der Waals surface area (Å²) in [6.45, 7) is 13.4. The lowest BCUT2D eigenvalue weighted by Crippen LogP contribution is -2.25. The number of imidazole rings is 1. The minimum absolute atomic E-state index is 0.115. The topological polar surface area (TPSA) is 86.5 Å². The van der Waals surface area contributed by atoms with Gasteiger partial charge in [-0.1, -0.05) is 85.5 Å². The van der Waals surface area contributed by atoms with Crippen LogP contribution in [-0.4, -0.2) is 51.6 Å². The number of carbonyl (C=O) groups is 1. The van der Waals surface area contributed by atoms with E-state index in [4.69, 9.17) is 31.0 Å². The lowest BCUT2D eigenvalue weighted by Gasteiger charge is -2.19. The summed E-state index contributed by atoms with van der Waals surface area (Å²) in [6, 6.07) is 17.8. The number of benzene rings is 2. The van der Waals surface area contributed by atoms with Gasteiger partial charge in [0.05, 0.1) is 22.0 Å². The van der Waals surface area contributed by atoms with Crippen molar-refractivity contribution in [3.05, 3.63) is 59.6 Å². The fourth-order valence-corrected chi connectivity index (χ4v) is 5.77. The van der Waals surface area contributed by atoms with Gasteiger partial charge in [0, 0.05) is 25.8 Å². The second-order valence-corrected chi connectivity index (χ2v) is 18.8. The Morgan fingerprint density at radius 1 is 1.05 bits per heavy atom. The number of phenolic OH excluding ortho intramolecular Hbond substituents is 1. The molecule has 4 aromatic rings. The van der Waals surface area contributed by atoms with Crippen molar-refractivity contribution < 1.29 is 19.4 Å². The van der Waals surface area contributed by atoms with Gasteiger partial charge in [0.2, 0.25) is 0 Å². The number of ether oxygens (including phenoxy) is 2. The Hall–Kier alpha value is -2.85. The number of carbonyl (C=O) groups excluding carboxylic acids is 1. The smallest absolute Gasteiger partial charge is 0.316 e. The number of pyridine rings is 1. The van der Waals surface area contributed by atoms with Crippen molar-refractivity contribution in [2.24, 2.45) is 0 Å². The van der Waals surface area contributed by atoms with E-state index in [9.17, 15) is 9.90 Å². The van der Waals surface area contributed by atoms with Gasteiger partial charge in [-0.05, 0) is 44.5 Å². The third kappa shape index (κ3) is 7.87. The Morgan fingerprint density at radius 3 is 2.38 bits per heavy atom. The van der Waals surface area contributed by atoms with Gasteiger partial charge in [-0.2, -0.15) is 0 Å². The molecule has 0 aliphatic heterocycles. The lowest BCUT2D eigenvalue weighted by atomic mass is 10.0. The first-order chi connectivity index (χ1) is 18.8. The molecule has 4 rings (SSSR count). The van der Waals surface area contributed by atoms with E-state index in [0.29, 0.717) is 28.1 Å². The number of hydrogen-bond acceptors (Lipinski definition) is 7. The molecule has 0 saturated heterocycles. The first-order valence-corrected chi connectivity index (χ1v) is 18.3. The average Bonchev–Trinajstić information content (AvgIpc) is 3.20. The molecular weight excluding hydrogens is 562 g/mol. The van der Waals surface area contributed by atoms with Crippen molar-refractivity contribution in [1.82, 2.24) is 14.5 Å². The van der Waals surface area contributed by atoms with Gasteiger partial charge < -0.3 is 14.6 Å². The van der Waals surface area contributed by atoms with Crippen LogP contribution < -0.4 is 0 Å². The third-order valence-electron chi connectivity index (χ3n) is 5.99. The molecule has 1 N–H and O–H groups in total. The summed E-state index contributed by atoms with van der Waals surface area (Å²) in [6.07, 6.45) is 0. The Morgan fingerprint density at radius 2 is 1.73 bits per heavy atom. The largest absolute Gasteiger partial charge is 0.507 e. The number of rotatable bonds is 10. The molecule has 212 valence electrons. The monoisotopic (exact) mass is 597 g/mol. The molecule has 0 saturated carbocycles. The van der Waals surface area contributed by atoms with E-state index in [1.165, 1.54) is 11.8 Å². The summed E-state index contributed by atoms with van der Waals surface area (Å²) in [5.41, 5.74) is 3.77. The number of hydrogen-bond donors (Lipinski definition) is 1. The van der Waals surface area contributed by atoms with E-state index in [0.717, 1.165) is 28.3 Å². The molecule has 0 aliphatic rings. The minimum atomic E-state index is -1.25. The highest BCUT2D eigenvalue weighted by atomic mass is 35.5. The molecule has 0 bridgehead atoms. The van der Waals surface area contributed by atoms with E-state index in [1.807, 2.05) is 67.8 Å². The fraction of sp³-hybridized carbons (Fsp3) is 0.367. The molecule has 2 heterocycles. The maximum absolute atomic E-state index is 12.4. The van der Waals surface area contributed by atoms with Crippen molar-refractivity contribution in [1.29, 1.82) is 0 Å². The number of halogens is 1. The van der Waals surface area contributed by atoms with Crippen LogP contribution in [0.3, 0.4) is 0 Å². The van der Waals surface area contributed by atoms with Gasteiger partial charge in [-0.3, -0.25) is 9.36 Å². The molecule has 0 unspecified atom stereocenters. The Balaban J connectivity index is 1.63. The van der Waals surface area contributed by atoms with Crippen LogP contribution in [0.4, 0.5) is 0 Å².